The van der Waals surface area contributed by atoms with Gasteiger partial charge in [-0.15, -0.1) is 0 Å². The van der Waals surface area contributed by atoms with Gasteiger partial charge in [-0.2, -0.15) is 5.26 Å². The van der Waals surface area contributed by atoms with Crippen LogP contribution in [-0.2, 0) is 4.79 Å². The molecule has 1 rings (SSSR count). The molecule has 1 saturated heterocycles. The highest BCUT2D eigenvalue weighted by Crippen LogP contribution is 2.30. The maximum atomic E-state index is 11.6. The minimum absolute atomic E-state index is 0.0111. The molecule has 1 aliphatic rings. The first-order chi connectivity index (χ1) is 6.46. The quantitative estimate of drug-likeness (QED) is 0.638. The third-order valence-corrected chi connectivity index (χ3v) is 2.99. The Morgan fingerprint density at radius 3 is 2.36 bits per heavy atom. The molecule has 1 fully saturated rings. The van der Waals surface area contributed by atoms with E-state index in [9.17, 15) is 4.79 Å². The predicted octanol–water partition coefficient (Wildman–Crippen LogP) is 1.79. The molecule has 3 heteroatoms. The molecule has 0 radical (unpaired) electrons. The summed E-state index contributed by atoms with van der Waals surface area (Å²) in [5.74, 6) is -0.501. The molecule has 0 aromatic carbocycles. The lowest BCUT2D eigenvalue weighted by Crippen LogP contribution is -2.43. The van der Waals surface area contributed by atoms with Gasteiger partial charge in [-0.1, -0.05) is 13.8 Å². The third kappa shape index (κ3) is 2.47. The molecule has 0 spiro atoms. The molecule has 1 amide bonds. The van der Waals surface area contributed by atoms with E-state index in [1.165, 1.54) is 0 Å². The second-order valence-corrected chi connectivity index (χ2v) is 4.84. The average Bonchev–Trinajstić information content (AvgIpc) is 2.15. The van der Waals surface area contributed by atoms with Crippen molar-refractivity contribution in [2.24, 2.45) is 11.3 Å². The summed E-state index contributed by atoms with van der Waals surface area (Å²) in [6, 6.07) is 1.99. The minimum Gasteiger partial charge on any atom is -0.342 e. The van der Waals surface area contributed by atoms with Gasteiger partial charge in [0.25, 0.3) is 0 Å². The van der Waals surface area contributed by atoms with Crippen molar-refractivity contribution < 1.29 is 4.79 Å². The van der Waals surface area contributed by atoms with E-state index in [-0.39, 0.29) is 5.91 Å². The van der Waals surface area contributed by atoms with E-state index in [1.54, 1.807) is 6.92 Å². The van der Waals surface area contributed by atoms with Crippen LogP contribution < -0.4 is 0 Å². The number of amides is 1. The maximum Gasteiger partial charge on any atom is 0.239 e. The van der Waals surface area contributed by atoms with Crippen LogP contribution >= 0.6 is 0 Å². The Morgan fingerprint density at radius 2 is 1.93 bits per heavy atom. The minimum atomic E-state index is -0.490. The monoisotopic (exact) mass is 194 g/mol. The summed E-state index contributed by atoms with van der Waals surface area (Å²) in [6.45, 7) is 7.73. The molecule has 3 nitrogen and oxygen atoms in total. The van der Waals surface area contributed by atoms with Crippen molar-refractivity contribution in [3.63, 3.8) is 0 Å². The van der Waals surface area contributed by atoms with Crippen LogP contribution in [0.2, 0.25) is 0 Å². The van der Waals surface area contributed by atoms with E-state index in [0.717, 1.165) is 25.9 Å². The Balaban J connectivity index is 2.51. The van der Waals surface area contributed by atoms with Crippen LogP contribution in [0.1, 0.15) is 33.6 Å². The van der Waals surface area contributed by atoms with Gasteiger partial charge in [0.2, 0.25) is 5.91 Å². The molecule has 1 unspecified atom stereocenters. The summed E-state index contributed by atoms with van der Waals surface area (Å²) in [5.41, 5.74) is 0.354. The normalized spacial score (nSPS) is 22.6. The van der Waals surface area contributed by atoms with E-state index >= 15 is 0 Å². The first kappa shape index (κ1) is 11.0. The van der Waals surface area contributed by atoms with Gasteiger partial charge < -0.3 is 4.90 Å². The lowest BCUT2D eigenvalue weighted by molar-refractivity contribution is -0.135. The van der Waals surface area contributed by atoms with Crippen molar-refractivity contribution in [2.75, 3.05) is 13.1 Å². The van der Waals surface area contributed by atoms with E-state index < -0.39 is 5.92 Å². The Bertz CT molecular complexity index is 255. The van der Waals surface area contributed by atoms with Crippen molar-refractivity contribution in [2.45, 2.75) is 33.6 Å². The molecular weight excluding hydrogens is 176 g/mol. The van der Waals surface area contributed by atoms with E-state index in [1.807, 2.05) is 11.0 Å². The number of piperidine rings is 1. The molecule has 0 aromatic heterocycles. The summed E-state index contributed by atoms with van der Waals surface area (Å²) in [7, 11) is 0. The zero-order chi connectivity index (χ0) is 10.8. The van der Waals surface area contributed by atoms with Crippen LogP contribution in [0.3, 0.4) is 0 Å². The van der Waals surface area contributed by atoms with Crippen molar-refractivity contribution >= 4 is 5.91 Å². The number of nitrogens with zero attached hydrogens (tertiary/aromatic N) is 2. The lowest BCUT2D eigenvalue weighted by atomic mass is 9.82. The maximum absolute atomic E-state index is 11.6. The third-order valence-electron chi connectivity index (χ3n) is 2.99. The molecule has 0 aliphatic carbocycles. The summed E-state index contributed by atoms with van der Waals surface area (Å²) in [4.78, 5) is 13.5. The van der Waals surface area contributed by atoms with Gasteiger partial charge in [0.1, 0.15) is 5.92 Å². The van der Waals surface area contributed by atoms with Crippen LogP contribution in [-0.4, -0.2) is 23.9 Å². The van der Waals surface area contributed by atoms with Crippen LogP contribution in [0, 0.1) is 22.7 Å². The second-order valence-electron chi connectivity index (χ2n) is 4.84. The zero-order valence-corrected chi connectivity index (χ0v) is 9.21. The molecule has 78 valence electrons. The molecule has 14 heavy (non-hydrogen) atoms. The molecule has 1 aliphatic heterocycles. The van der Waals surface area contributed by atoms with Gasteiger partial charge in [-0.25, -0.2) is 0 Å². The van der Waals surface area contributed by atoms with E-state index in [4.69, 9.17) is 5.26 Å². The molecule has 0 aromatic rings. The number of hydrogen-bond acceptors (Lipinski definition) is 2. The summed E-state index contributed by atoms with van der Waals surface area (Å²) >= 11 is 0. The number of carbonyl (C=O) groups excluding carboxylic acids is 1. The predicted molar refractivity (Wildman–Crippen MR) is 54.4 cm³/mol. The Kier molecular flexibility index (Phi) is 3.15. The Labute approximate surface area is 85.7 Å². The van der Waals surface area contributed by atoms with Gasteiger partial charge in [-0.05, 0) is 25.2 Å². The topological polar surface area (TPSA) is 44.1 Å². The average molecular weight is 194 g/mol. The summed E-state index contributed by atoms with van der Waals surface area (Å²) in [6.07, 6.45) is 2.08. The smallest absolute Gasteiger partial charge is 0.239 e. The number of nitriles is 1. The van der Waals surface area contributed by atoms with Gasteiger partial charge in [0, 0.05) is 13.1 Å². The highest BCUT2D eigenvalue weighted by atomic mass is 16.2. The van der Waals surface area contributed by atoms with Gasteiger partial charge in [0.15, 0.2) is 0 Å². The fourth-order valence-corrected chi connectivity index (χ4v) is 1.66. The van der Waals surface area contributed by atoms with Gasteiger partial charge in [0.05, 0.1) is 6.07 Å². The van der Waals surface area contributed by atoms with Gasteiger partial charge >= 0.3 is 0 Å². The first-order valence-electron chi connectivity index (χ1n) is 5.15. The number of likely N-dealkylation sites (tertiary alicyclic amines) is 1. The standard InChI is InChI=1S/C11H18N2O/c1-9(8-12)10(14)13-6-4-11(2,3)5-7-13/h9H,4-7H2,1-3H3. The molecule has 1 heterocycles. The molecular formula is C11H18N2O. The molecule has 0 bridgehead atoms. The summed E-state index contributed by atoms with van der Waals surface area (Å²) in [5, 5.41) is 8.64. The van der Waals surface area contributed by atoms with Crippen LogP contribution in [0.25, 0.3) is 0 Å². The van der Waals surface area contributed by atoms with Crippen molar-refractivity contribution in [3.8, 4) is 6.07 Å². The van der Waals surface area contributed by atoms with E-state index in [2.05, 4.69) is 13.8 Å². The largest absolute Gasteiger partial charge is 0.342 e. The van der Waals surface area contributed by atoms with E-state index in [0.29, 0.717) is 5.41 Å². The van der Waals surface area contributed by atoms with Crippen molar-refractivity contribution in [1.82, 2.24) is 4.90 Å². The van der Waals surface area contributed by atoms with Crippen LogP contribution in [0.4, 0.5) is 0 Å². The number of carbonyl (C=O) groups is 1. The SMILES string of the molecule is CC(C#N)C(=O)N1CCC(C)(C)CC1. The Hall–Kier alpha value is -1.04. The van der Waals surface area contributed by atoms with Crippen molar-refractivity contribution in [3.05, 3.63) is 0 Å². The van der Waals surface area contributed by atoms with Gasteiger partial charge in [-0.3, -0.25) is 4.79 Å². The number of hydrogen-bond donors (Lipinski definition) is 0. The zero-order valence-electron chi connectivity index (χ0n) is 9.21. The van der Waals surface area contributed by atoms with Crippen LogP contribution in [0.5, 0.6) is 0 Å². The molecule has 1 atom stereocenters. The van der Waals surface area contributed by atoms with Crippen molar-refractivity contribution in [1.29, 1.82) is 5.26 Å². The second kappa shape index (κ2) is 4.00. The number of rotatable bonds is 1. The molecule has 0 saturated carbocycles. The first-order valence-corrected chi connectivity index (χ1v) is 5.15. The fourth-order valence-electron chi connectivity index (χ4n) is 1.66. The van der Waals surface area contributed by atoms with Crippen LogP contribution in [0.15, 0.2) is 0 Å². The highest BCUT2D eigenvalue weighted by Gasteiger charge is 2.29. The lowest BCUT2D eigenvalue weighted by Gasteiger charge is -2.37. The fraction of sp³-hybridized carbons (Fsp3) is 0.818. The Morgan fingerprint density at radius 1 is 1.43 bits per heavy atom. The highest BCUT2D eigenvalue weighted by molar-refractivity contribution is 5.80. The summed E-state index contributed by atoms with van der Waals surface area (Å²) < 4.78 is 0. The molecule has 0 N–H and O–H groups in total.